The number of rotatable bonds is 2. The van der Waals surface area contributed by atoms with Crippen LogP contribution in [0.3, 0.4) is 0 Å². The van der Waals surface area contributed by atoms with Gasteiger partial charge in [0.1, 0.15) is 0 Å². The predicted octanol–water partition coefficient (Wildman–Crippen LogP) is 0.978. The van der Waals surface area contributed by atoms with Crippen LogP contribution in [-0.2, 0) is 9.59 Å². The van der Waals surface area contributed by atoms with Crippen LogP contribution in [0.2, 0.25) is 0 Å². The Balaban J connectivity index is 1.95. The number of amides is 1. The summed E-state index contributed by atoms with van der Waals surface area (Å²) in [7, 11) is 0. The summed E-state index contributed by atoms with van der Waals surface area (Å²) in [5, 5.41) is 0. The monoisotopic (exact) mass is 181 g/mol. The fourth-order valence-corrected chi connectivity index (χ4v) is 2.02. The predicted molar refractivity (Wildman–Crippen MR) is 48.2 cm³/mol. The first kappa shape index (κ1) is 8.73. The maximum atomic E-state index is 11.5. The summed E-state index contributed by atoms with van der Waals surface area (Å²) in [5.74, 6) is -0.496. The Morgan fingerprint density at radius 3 is 2.46 bits per heavy atom. The van der Waals surface area contributed by atoms with Gasteiger partial charge in [-0.3, -0.25) is 9.59 Å². The van der Waals surface area contributed by atoms with Gasteiger partial charge >= 0.3 is 0 Å². The van der Waals surface area contributed by atoms with Crippen LogP contribution in [0, 0.1) is 5.41 Å². The summed E-state index contributed by atoms with van der Waals surface area (Å²) in [6, 6.07) is 0. The van der Waals surface area contributed by atoms with E-state index >= 15 is 0 Å². The molecular formula is C10H15NO2. The highest BCUT2D eigenvalue weighted by Crippen LogP contribution is 2.52. The third kappa shape index (κ3) is 1.47. The van der Waals surface area contributed by atoms with Crippen molar-refractivity contribution >= 4 is 11.7 Å². The molecule has 2 rings (SSSR count). The van der Waals surface area contributed by atoms with Crippen LogP contribution in [0.1, 0.15) is 32.6 Å². The van der Waals surface area contributed by atoms with Crippen molar-refractivity contribution in [1.29, 1.82) is 0 Å². The minimum absolute atomic E-state index is 0.238. The molecule has 1 heterocycles. The van der Waals surface area contributed by atoms with Gasteiger partial charge in [-0.25, -0.2) is 0 Å². The Kier molecular flexibility index (Phi) is 1.90. The van der Waals surface area contributed by atoms with Crippen molar-refractivity contribution in [3.63, 3.8) is 0 Å². The second kappa shape index (κ2) is 2.82. The fraction of sp³-hybridized carbons (Fsp3) is 0.800. The lowest BCUT2D eigenvalue weighted by Gasteiger charge is -2.14. The number of carbonyl (C=O) groups excluding carboxylic acids is 2. The van der Waals surface area contributed by atoms with Crippen LogP contribution in [0.25, 0.3) is 0 Å². The number of Topliss-reactive ketones (excluding diaryl/α,β-unsaturated/α-hetero) is 1. The van der Waals surface area contributed by atoms with Crippen LogP contribution in [0.4, 0.5) is 0 Å². The lowest BCUT2D eigenvalue weighted by Crippen LogP contribution is -2.34. The molecule has 0 aromatic rings. The van der Waals surface area contributed by atoms with Gasteiger partial charge in [-0.1, -0.05) is 6.92 Å². The average Bonchev–Trinajstić information content (AvgIpc) is 2.74. The minimum atomic E-state index is -0.258. The van der Waals surface area contributed by atoms with Gasteiger partial charge in [0, 0.05) is 19.5 Å². The largest absolute Gasteiger partial charge is 0.336 e. The van der Waals surface area contributed by atoms with Gasteiger partial charge < -0.3 is 4.90 Å². The molecule has 0 bridgehead atoms. The third-order valence-electron chi connectivity index (χ3n) is 3.24. The van der Waals surface area contributed by atoms with Crippen molar-refractivity contribution in [1.82, 2.24) is 4.90 Å². The van der Waals surface area contributed by atoms with Crippen molar-refractivity contribution in [2.75, 3.05) is 13.1 Å². The lowest BCUT2D eigenvalue weighted by atomic mass is 10.1. The van der Waals surface area contributed by atoms with Crippen molar-refractivity contribution in [2.45, 2.75) is 32.6 Å². The Morgan fingerprint density at radius 2 is 2.00 bits per heavy atom. The van der Waals surface area contributed by atoms with E-state index in [-0.39, 0.29) is 11.7 Å². The molecule has 1 aliphatic carbocycles. The smallest absolute Gasteiger partial charge is 0.289 e. The normalized spacial score (nSPS) is 23.6. The van der Waals surface area contributed by atoms with Crippen molar-refractivity contribution in [3.8, 4) is 0 Å². The summed E-state index contributed by atoms with van der Waals surface area (Å²) in [6.07, 6.45) is 3.94. The van der Waals surface area contributed by atoms with E-state index in [1.54, 1.807) is 11.8 Å². The van der Waals surface area contributed by atoms with E-state index < -0.39 is 0 Å². The topological polar surface area (TPSA) is 37.4 Å². The van der Waals surface area contributed by atoms with Crippen molar-refractivity contribution in [2.24, 2.45) is 5.41 Å². The van der Waals surface area contributed by atoms with Gasteiger partial charge in [0.2, 0.25) is 5.78 Å². The maximum absolute atomic E-state index is 11.5. The first-order valence-corrected chi connectivity index (χ1v) is 4.99. The highest BCUT2D eigenvalue weighted by Gasteiger charge is 2.49. The second-order valence-corrected chi connectivity index (χ2v) is 4.25. The molecule has 2 fully saturated rings. The molecular weight excluding hydrogens is 166 g/mol. The maximum Gasteiger partial charge on any atom is 0.289 e. The molecule has 0 atom stereocenters. The number of likely N-dealkylation sites (tertiary alicyclic amines) is 1. The van der Waals surface area contributed by atoms with Crippen molar-refractivity contribution in [3.05, 3.63) is 0 Å². The number of ketones is 1. The van der Waals surface area contributed by atoms with Gasteiger partial charge in [-0.2, -0.15) is 0 Å². The van der Waals surface area contributed by atoms with Gasteiger partial charge in [0.15, 0.2) is 0 Å². The van der Waals surface area contributed by atoms with E-state index in [1.165, 1.54) is 12.8 Å². The van der Waals surface area contributed by atoms with Crippen LogP contribution in [0.15, 0.2) is 0 Å². The molecule has 2 aliphatic rings. The Hall–Kier alpha value is -0.860. The van der Waals surface area contributed by atoms with Gasteiger partial charge in [0.25, 0.3) is 5.91 Å². The molecule has 1 aliphatic heterocycles. The molecule has 0 aromatic heterocycles. The molecule has 0 radical (unpaired) electrons. The number of nitrogens with zero attached hydrogens (tertiary/aromatic N) is 1. The standard InChI is InChI=1S/C10H15NO2/c1-2-8(12)9(13)11-6-5-10(7-11)3-4-10/h2-7H2,1H3. The van der Waals surface area contributed by atoms with Crippen LogP contribution < -0.4 is 0 Å². The average molecular weight is 181 g/mol. The zero-order valence-corrected chi connectivity index (χ0v) is 8.01. The molecule has 72 valence electrons. The zero-order chi connectivity index (χ0) is 9.47. The SMILES string of the molecule is CCC(=O)C(=O)N1CCC2(CC2)C1. The van der Waals surface area contributed by atoms with E-state index in [4.69, 9.17) is 0 Å². The summed E-state index contributed by atoms with van der Waals surface area (Å²) >= 11 is 0. The first-order valence-electron chi connectivity index (χ1n) is 4.99. The summed E-state index contributed by atoms with van der Waals surface area (Å²) in [5.41, 5.74) is 0.434. The zero-order valence-electron chi connectivity index (χ0n) is 8.01. The molecule has 3 heteroatoms. The van der Waals surface area contributed by atoms with Crippen LogP contribution >= 0.6 is 0 Å². The second-order valence-electron chi connectivity index (χ2n) is 4.25. The number of hydrogen-bond acceptors (Lipinski definition) is 2. The van der Waals surface area contributed by atoms with E-state index in [0.717, 1.165) is 19.5 Å². The Bertz CT molecular complexity index is 256. The highest BCUT2D eigenvalue weighted by molar-refractivity contribution is 6.36. The Morgan fingerprint density at radius 1 is 1.31 bits per heavy atom. The van der Waals surface area contributed by atoms with Crippen LogP contribution in [0.5, 0.6) is 0 Å². The van der Waals surface area contributed by atoms with Gasteiger partial charge in [-0.15, -0.1) is 0 Å². The molecule has 3 nitrogen and oxygen atoms in total. The molecule has 1 amide bonds. The molecule has 0 N–H and O–H groups in total. The van der Waals surface area contributed by atoms with Crippen LogP contribution in [-0.4, -0.2) is 29.7 Å². The molecule has 0 unspecified atom stereocenters. The minimum Gasteiger partial charge on any atom is -0.336 e. The Labute approximate surface area is 78.1 Å². The molecule has 13 heavy (non-hydrogen) atoms. The molecule has 1 saturated carbocycles. The molecule has 0 aromatic carbocycles. The molecule has 1 saturated heterocycles. The number of carbonyl (C=O) groups is 2. The van der Waals surface area contributed by atoms with E-state index in [1.807, 2.05) is 0 Å². The highest BCUT2D eigenvalue weighted by atomic mass is 16.2. The van der Waals surface area contributed by atoms with E-state index in [0.29, 0.717) is 11.8 Å². The lowest BCUT2D eigenvalue weighted by molar-refractivity contribution is -0.143. The van der Waals surface area contributed by atoms with Crippen molar-refractivity contribution < 1.29 is 9.59 Å². The van der Waals surface area contributed by atoms with E-state index in [2.05, 4.69) is 0 Å². The summed E-state index contributed by atoms with van der Waals surface area (Å²) < 4.78 is 0. The van der Waals surface area contributed by atoms with E-state index in [9.17, 15) is 9.59 Å². The third-order valence-corrected chi connectivity index (χ3v) is 3.24. The van der Waals surface area contributed by atoms with Gasteiger partial charge in [0.05, 0.1) is 0 Å². The quantitative estimate of drug-likeness (QED) is 0.595. The van der Waals surface area contributed by atoms with Gasteiger partial charge in [-0.05, 0) is 24.7 Å². The fourth-order valence-electron chi connectivity index (χ4n) is 2.02. The summed E-state index contributed by atoms with van der Waals surface area (Å²) in [6.45, 7) is 3.37. The number of hydrogen-bond donors (Lipinski definition) is 0. The first-order chi connectivity index (χ1) is 6.17. The summed E-state index contributed by atoms with van der Waals surface area (Å²) in [4.78, 5) is 24.3. The molecule has 1 spiro atoms.